The van der Waals surface area contributed by atoms with E-state index in [1.54, 1.807) is 0 Å². The molecule has 5 atom stereocenters. The first-order valence-electron chi connectivity index (χ1n) is 9.40. The molecule has 4 heteroatoms. The molecule has 3 aliphatic rings. The summed E-state index contributed by atoms with van der Waals surface area (Å²) in [5, 5.41) is 0. The first kappa shape index (κ1) is 17.6. The Morgan fingerprint density at radius 3 is 2.83 bits per heavy atom. The van der Waals surface area contributed by atoms with Crippen LogP contribution in [-0.4, -0.2) is 28.4 Å². The van der Waals surface area contributed by atoms with E-state index in [1.807, 2.05) is 18.7 Å². The van der Waals surface area contributed by atoms with Crippen LogP contribution in [0.5, 0.6) is 0 Å². The molecule has 3 rings (SSSR count). The highest BCUT2D eigenvalue weighted by molar-refractivity contribution is 8.01. The lowest BCUT2D eigenvalue weighted by molar-refractivity contribution is -0.150. The van der Waals surface area contributed by atoms with E-state index < -0.39 is 0 Å². The number of carbonyl (C=O) groups is 1. The van der Waals surface area contributed by atoms with Gasteiger partial charge in [0.1, 0.15) is 4.93 Å². The van der Waals surface area contributed by atoms with Gasteiger partial charge < -0.3 is 9.47 Å². The summed E-state index contributed by atoms with van der Waals surface area (Å²) in [6, 6.07) is 0. The number of hydrogen-bond donors (Lipinski definition) is 0. The van der Waals surface area contributed by atoms with Crippen molar-refractivity contribution in [2.24, 2.45) is 17.8 Å². The molecule has 0 bridgehead atoms. The van der Waals surface area contributed by atoms with Gasteiger partial charge in [-0.3, -0.25) is 4.79 Å². The van der Waals surface area contributed by atoms with Crippen molar-refractivity contribution in [3.05, 3.63) is 0 Å². The van der Waals surface area contributed by atoms with Crippen LogP contribution < -0.4 is 0 Å². The summed E-state index contributed by atoms with van der Waals surface area (Å²) in [6.07, 6.45) is 8.03. The molecule has 2 aliphatic carbocycles. The molecule has 132 valence electrons. The zero-order chi connectivity index (χ0) is 16.7. The molecule has 2 saturated carbocycles. The molecule has 1 heterocycles. The fourth-order valence-corrected chi connectivity index (χ4v) is 7.14. The van der Waals surface area contributed by atoms with E-state index in [-0.39, 0.29) is 15.6 Å². The molecule has 0 N–H and O–H groups in total. The lowest BCUT2D eigenvalue weighted by atomic mass is 9.74. The Labute approximate surface area is 145 Å². The summed E-state index contributed by atoms with van der Waals surface area (Å²) >= 11 is 2.02. The maximum atomic E-state index is 12.0. The van der Waals surface area contributed by atoms with Crippen molar-refractivity contribution in [3.8, 4) is 0 Å². The second-order valence-corrected chi connectivity index (χ2v) is 10.2. The molecule has 1 saturated heterocycles. The molecular formula is C19H32O3S. The van der Waals surface area contributed by atoms with Gasteiger partial charge in [0.2, 0.25) is 0 Å². The molecule has 0 aromatic rings. The molecule has 1 aliphatic heterocycles. The molecule has 0 amide bonds. The topological polar surface area (TPSA) is 35.5 Å². The molecule has 23 heavy (non-hydrogen) atoms. The summed E-state index contributed by atoms with van der Waals surface area (Å²) in [4.78, 5) is 11.9. The van der Waals surface area contributed by atoms with Crippen molar-refractivity contribution < 1.29 is 14.3 Å². The van der Waals surface area contributed by atoms with Gasteiger partial charge in [0.25, 0.3) is 0 Å². The zero-order valence-electron chi connectivity index (χ0n) is 15.1. The predicted octanol–water partition coefficient (Wildman–Crippen LogP) is 4.78. The van der Waals surface area contributed by atoms with Gasteiger partial charge >= 0.3 is 5.97 Å². The van der Waals surface area contributed by atoms with Crippen molar-refractivity contribution in [1.82, 2.24) is 0 Å². The smallest absolute Gasteiger partial charge is 0.306 e. The Morgan fingerprint density at radius 2 is 2.09 bits per heavy atom. The third kappa shape index (κ3) is 3.44. The average molecular weight is 341 g/mol. The number of thioether (sulfide) groups is 1. The number of rotatable bonds is 3. The minimum atomic E-state index is -0.158. The van der Waals surface area contributed by atoms with E-state index in [1.165, 1.54) is 25.7 Å². The molecule has 0 unspecified atom stereocenters. The van der Waals surface area contributed by atoms with Crippen LogP contribution in [0.4, 0.5) is 0 Å². The van der Waals surface area contributed by atoms with E-state index in [9.17, 15) is 4.79 Å². The SMILES string of the molecule is CCOC(=O)C[C@H]1CCC[C@]12O[C@@H]1C[C@H](C)CC[C@H]1C(C)(C)S2. The van der Waals surface area contributed by atoms with Gasteiger partial charge in [-0.2, -0.15) is 0 Å². The number of hydrogen-bond acceptors (Lipinski definition) is 4. The maximum absolute atomic E-state index is 12.0. The van der Waals surface area contributed by atoms with Crippen LogP contribution in [0.2, 0.25) is 0 Å². The van der Waals surface area contributed by atoms with Crippen LogP contribution in [0.25, 0.3) is 0 Å². The fraction of sp³-hybridized carbons (Fsp3) is 0.947. The van der Waals surface area contributed by atoms with Crippen molar-refractivity contribution >= 4 is 17.7 Å². The Kier molecular flexibility index (Phi) is 5.04. The van der Waals surface area contributed by atoms with Crippen molar-refractivity contribution in [3.63, 3.8) is 0 Å². The monoisotopic (exact) mass is 340 g/mol. The van der Waals surface area contributed by atoms with Gasteiger partial charge in [-0.25, -0.2) is 0 Å². The highest BCUT2D eigenvalue weighted by Crippen LogP contribution is 2.61. The summed E-state index contributed by atoms with van der Waals surface area (Å²) in [6.45, 7) is 9.50. The van der Waals surface area contributed by atoms with Crippen molar-refractivity contribution in [2.45, 2.75) is 88.4 Å². The van der Waals surface area contributed by atoms with Crippen LogP contribution >= 0.6 is 11.8 Å². The molecule has 3 nitrogen and oxygen atoms in total. The highest BCUT2D eigenvalue weighted by Gasteiger charge is 2.57. The minimum absolute atomic E-state index is 0.0556. The van der Waals surface area contributed by atoms with Gasteiger partial charge in [0, 0.05) is 10.7 Å². The van der Waals surface area contributed by atoms with Crippen LogP contribution in [0.15, 0.2) is 0 Å². The molecular weight excluding hydrogens is 308 g/mol. The third-order valence-corrected chi connectivity index (χ3v) is 7.96. The molecule has 0 aromatic heterocycles. The van der Waals surface area contributed by atoms with Crippen LogP contribution in [0.1, 0.15) is 72.6 Å². The van der Waals surface area contributed by atoms with E-state index in [0.717, 1.165) is 18.8 Å². The maximum Gasteiger partial charge on any atom is 0.306 e. The van der Waals surface area contributed by atoms with Crippen LogP contribution in [0, 0.1) is 17.8 Å². The predicted molar refractivity (Wildman–Crippen MR) is 94.4 cm³/mol. The van der Waals surface area contributed by atoms with Gasteiger partial charge in [-0.05, 0) is 50.9 Å². The normalized spacial score (nSPS) is 42.4. The van der Waals surface area contributed by atoms with Crippen molar-refractivity contribution in [2.75, 3.05) is 6.61 Å². The quantitative estimate of drug-likeness (QED) is 0.693. The van der Waals surface area contributed by atoms with Gasteiger partial charge in [-0.1, -0.05) is 27.2 Å². The van der Waals surface area contributed by atoms with E-state index in [2.05, 4.69) is 20.8 Å². The highest BCUT2D eigenvalue weighted by atomic mass is 32.2. The summed E-state index contributed by atoms with van der Waals surface area (Å²) in [7, 11) is 0. The van der Waals surface area contributed by atoms with Gasteiger partial charge in [0.15, 0.2) is 0 Å². The van der Waals surface area contributed by atoms with Gasteiger partial charge in [-0.15, -0.1) is 11.8 Å². The fourth-order valence-electron chi connectivity index (χ4n) is 5.04. The standard InChI is InChI=1S/C19H32O3S/c1-5-21-17(20)12-14-7-6-10-19(14)22-16-11-13(2)8-9-15(16)18(3,4)23-19/h13-16H,5-12H2,1-4H3/t13-,14-,15-,16-,19-/m1/s1. The second-order valence-electron chi connectivity index (χ2n) is 8.30. The van der Waals surface area contributed by atoms with E-state index >= 15 is 0 Å². The summed E-state index contributed by atoms with van der Waals surface area (Å²) in [5.74, 6) is 1.67. The lowest BCUT2D eigenvalue weighted by Gasteiger charge is -2.55. The molecule has 0 radical (unpaired) electrons. The van der Waals surface area contributed by atoms with E-state index in [4.69, 9.17) is 9.47 Å². The first-order valence-corrected chi connectivity index (χ1v) is 10.2. The van der Waals surface area contributed by atoms with Crippen LogP contribution in [0.3, 0.4) is 0 Å². The Morgan fingerprint density at radius 1 is 1.30 bits per heavy atom. The molecule has 0 aromatic carbocycles. The van der Waals surface area contributed by atoms with Crippen molar-refractivity contribution in [1.29, 1.82) is 0 Å². The van der Waals surface area contributed by atoms with Crippen LogP contribution in [-0.2, 0) is 14.3 Å². The van der Waals surface area contributed by atoms with Gasteiger partial charge in [0.05, 0.1) is 19.1 Å². The minimum Gasteiger partial charge on any atom is -0.466 e. The number of fused-ring (bicyclic) bond motifs is 1. The number of ether oxygens (including phenoxy) is 2. The largest absolute Gasteiger partial charge is 0.466 e. The lowest BCUT2D eigenvalue weighted by Crippen LogP contribution is -2.55. The Balaban J connectivity index is 1.78. The Bertz CT molecular complexity index is 450. The molecule has 1 spiro atoms. The third-order valence-electron chi connectivity index (χ3n) is 6.15. The van der Waals surface area contributed by atoms with E-state index in [0.29, 0.717) is 31.0 Å². The average Bonchev–Trinajstić information content (AvgIpc) is 2.79. The summed E-state index contributed by atoms with van der Waals surface area (Å²) < 4.78 is 12.2. The zero-order valence-corrected chi connectivity index (χ0v) is 15.9. The Hall–Kier alpha value is -0.220. The number of esters is 1. The summed E-state index contributed by atoms with van der Waals surface area (Å²) in [5.41, 5.74) is 0. The number of carbonyl (C=O) groups excluding carboxylic acids is 1. The molecule has 3 fully saturated rings. The first-order chi connectivity index (χ1) is 10.9. The second kappa shape index (κ2) is 6.59.